The number of benzene rings is 1. The molecule has 0 fully saturated rings. The number of hydrogen-bond acceptors (Lipinski definition) is 5. The topological polar surface area (TPSA) is 96.5 Å². The lowest BCUT2D eigenvalue weighted by Gasteiger charge is -2.09. The van der Waals surface area contributed by atoms with Gasteiger partial charge in [0.05, 0.1) is 13.0 Å². The summed E-state index contributed by atoms with van der Waals surface area (Å²) in [6.45, 7) is 1.88. The van der Waals surface area contributed by atoms with Gasteiger partial charge in [0.15, 0.2) is 5.11 Å². The zero-order valence-electron chi connectivity index (χ0n) is 12.5. The Balaban J connectivity index is 2.29. The minimum absolute atomic E-state index is 0.0927. The van der Waals surface area contributed by atoms with Gasteiger partial charge in [0.1, 0.15) is 0 Å². The summed E-state index contributed by atoms with van der Waals surface area (Å²) in [5, 5.41) is 2.18. The second-order valence-corrected chi connectivity index (χ2v) is 4.65. The fraction of sp³-hybridized carbons (Fsp3) is 0.200. The molecular weight excluding hydrogens is 318 g/mol. The Bertz CT molecular complexity index is 602. The van der Waals surface area contributed by atoms with Crippen molar-refractivity contribution in [2.24, 2.45) is 0 Å². The Labute approximate surface area is 139 Å². The van der Waals surface area contributed by atoms with Crippen LogP contribution in [0.15, 0.2) is 42.5 Å². The van der Waals surface area contributed by atoms with Crippen molar-refractivity contribution in [3.63, 3.8) is 0 Å². The molecule has 1 aromatic carbocycles. The van der Waals surface area contributed by atoms with Gasteiger partial charge in [0.25, 0.3) is 0 Å². The van der Waals surface area contributed by atoms with E-state index in [0.717, 1.165) is 17.7 Å². The van der Waals surface area contributed by atoms with Crippen LogP contribution in [0.4, 0.5) is 0 Å². The molecule has 0 unspecified atom stereocenters. The Morgan fingerprint density at radius 2 is 1.83 bits per heavy atom. The van der Waals surface area contributed by atoms with Gasteiger partial charge < -0.3 is 4.74 Å². The largest absolute Gasteiger partial charge is 0.463 e. The molecule has 3 N–H and O–H groups in total. The minimum Gasteiger partial charge on any atom is -0.463 e. The molecule has 8 heteroatoms. The molecule has 23 heavy (non-hydrogen) atoms. The second-order valence-electron chi connectivity index (χ2n) is 4.24. The third kappa shape index (κ3) is 8.32. The minimum atomic E-state index is -0.627. The molecule has 1 rings (SSSR count). The number of esters is 1. The predicted molar refractivity (Wildman–Crippen MR) is 87.9 cm³/mol. The van der Waals surface area contributed by atoms with Crippen LogP contribution < -0.4 is 16.2 Å². The fourth-order valence-electron chi connectivity index (χ4n) is 1.47. The molecule has 2 amide bonds. The van der Waals surface area contributed by atoms with Gasteiger partial charge in [-0.25, -0.2) is 4.79 Å². The van der Waals surface area contributed by atoms with E-state index in [4.69, 9.17) is 12.2 Å². The van der Waals surface area contributed by atoms with Gasteiger partial charge >= 0.3 is 5.97 Å². The highest BCUT2D eigenvalue weighted by Crippen LogP contribution is 1.98. The van der Waals surface area contributed by atoms with Crippen LogP contribution in [0.3, 0.4) is 0 Å². The van der Waals surface area contributed by atoms with E-state index in [2.05, 4.69) is 20.9 Å². The maximum absolute atomic E-state index is 11.7. The Morgan fingerprint density at radius 1 is 1.13 bits per heavy atom. The number of carbonyl (C=O) groups is 3. The van der Waals surface area contributed by atoms with Crippen molar-refractivity contribution in [1.29, 1.82) is 0 Å². The predicted octanol–water partition coefficient (Wildman–Crippen LogP) is 0.370. The highest BCUT2D eigenvalue weighted by Gasteiger charge is 2.05. The van der Waals surface area contributed by atoms with Crippen LogP contribution in [0.5, 0.6) is 0 Å². The zero-order valence-corrected chi connectivity index (χ0v) is 13.3. The number of ether oxygens (including phenoxy) is 1. The van der Waals surface area contributed by atoms with Crippen LogP contribution >= 0.6 is 12.2 Å². The number of thiocarbonyl (C=S) groups is 1. The maximum atomic E-state index is 11.7. The summed E-state index contributed by atoms with van der Waals surface area (Å²) in [4.78, 5) is 34.1. The molecule has 122 valence electrons. The lowest BCUT2D eigenvalue weighted by atomic mass is 10.1. The van der Waals surface area contributed by atoms with E-state index in [0.29, 0.717) is 0 Å². The molecule has 0 aromatic heterocycles. The monoisotopic (exact) mass is 335 g/mol. The molecule has 0 heterocycles. The molecule has 0 radical (unpaired) electrons. The standard InChI is InChI=1S/C15H17N3O4S/c1-2-22-14(21)9-8-12(19)16-15(23)18-17-13(20)10-11-6-4-3-5-7-11/h3-9H,2,10H2,1H3,(H,17,20)(H2,16,18,19,23)/b9-8+. The number of hydrazine groups is 1. The zero-order chi connectivity index (χ0) is 17.1. The van der Waals surface area contributed by atoms with E-state index in [9.17, 15) is 14.4 Å². The Morgan fingerprint density at radius 3 is 2.48 bits per heavy atom. The summed E-state index contributed by atoms with van der Waals surface area (Å²) in [7, 11) is 0. The summed E-state index contributed by atoms with van der Waals surface area (Å²) in [6.07, 6.45) is 2.14. The lowest BCUT2D eigenvalue weighted by Crippen LogP contribution is -2.48. The van der Waals surface area contributed by atoms with Gasteiger partial charge in [-0.05, 0) is 24.7 Å². The van der Waals surface area contributed by atoms with Crippen molar-refractivity contribution < 1.29 is 19.1 Å². The Hall–Kier alpha value is -2.74. The summed E-state index contributed by atoms with van der Waals surface area (Å²) in [5.41, 5.74) is 5.60. The van der Waals surface area contributed by atoms with Gasteiger partial charge in [-0.15, -0.1) is 0 Å². The van der Waals surface area contributed by atoms with Crippen molar-refractivity contribution in [2.45, 2.75) is 13.3 Å². The van der Waals surface area contributed by atoms with Gasteiger partial charge in [-0.3, -0.25) is 25.8 Å². The first-order valence-corrected chi connectivity index (χ1v) is 7.20. The smallest absolute Gasteiger partial charge is 0.330 e. The lowest BCUT2D eigenvalue weighted by molar-refractivity contribution is -0.137. The summed E-state index contributed by atoms with van der Waals surface area (Å²) >= 11 is 4.84. The molecule has 0 bridgehead atoms. The van der Waals surface area contributed by atoms with E-state index in [-0.39, 0.29) is 24.0 Å². The van der Waals surface area contributed by atoms with Gasteiger partial charge in [0, 0.05) is 12.2 Å². The third-order valence-electron chi connectivity index (χ3n) is 2.42. The van der Waals surface area contributed by atoms with Crippen LogP contribution in [0, 0.1) is 0 Å². The fourth-order valence-corrected chi connectivity index (χ4v) is 1.62. The molecule has 7 nitrogen and oxygen atoms in total. The first-order valence-electron chi connectivity index (χ1n) is 6.79. The van der Waals surface area contributed by atoms with Crippen LogP contribution in [0.2, 0.25) is 0 Å². The molecule has 0 atom stereocenters. The van der Waals surface area contributed by atoms with Crippen LogP contribution in [0.25, 0.3) is 0 Å². The second kappa shape index (κ2) is 10.1. The molecule has 0 aliphatic rings. The van der Waals surface area contributed by atoms with E-state index >= 15 is 0 Å². The summed E-state index contributed by atoms with van der Waals surface area (Å²) in [5.74, 6) is -1.56. The highest BCUT2D eigenvalue weighted by atomic mass is 32.1. The normalized spacial score (nSPS) is 9.96. The third-order valence-corrected chi connectivity index (χ3v) is 2.62. The molecule has 0 spiro atoms. The molecule has 0 saturated heterocycles. The summed E-state index contributed by atoms with van der Waals surface area (Å²) in [6, 6.07) is 9.15. The van der Waals surface area contributed by atoms with E-state index < -0.39 is 11.9 Å². The summed E-state index contributed by atoms with van der Waals surface area (Å²) < 4.78 is 4.62. The Kier molecular flexibility index (Phi) is 8.01. The molecule has 0 saturated carbocycles. The van der Waals surface area contributed by atoms with Gasteiger partial charge in [-0.2, -0.15) is 0 Å². The van der Waals surface area contributed by atoms with Crippen LogP contribution in [-0.4, -0.2) is 29.5 Å². The van der Waals surface area contributed by atoms with E-state index in [1.807, 2.05) is 30.3 Å². The van der Waals surface area contributed by atoms with Gasteiger partial charge in [-0.1, -0.05) is 30.3 Å². The number of amides is 2. The number of nitrogens with one attached hydrogen (secondary N) is 3. The highest BCUT2D eigenvalue weighted by molar-refractivity contribution is 7.80. The average Bonchev–Trinajstić information content (AvgIpc) is 2.52. The first-order chi connectivity index (χ1) is 11.0. The van der Waals surface area contributed by atoms with Crippen molar-refractivity contribution >= 4 is 35.1 Å². The maximum Gasteiger partial charge on any atom is 0.330 e. The first kappa shape index (κ1) is 18.3. The van der Waals surface area contributed by atoms with Gasteiger partial charge in [0.2, 0.25) is 11.8 Å². The quantitative estimate of drug-likeness (QED) is 0.311. The van der Waals surface area contributed by atoms with Crippen molar-refractivity contribution in [3.05, 3.63) is 48.0 Å². The number of hydrogen-bond donors (Lipinski definition) is 3. The molecule has 1 aromatic rings. The number of carbonyl (C=O) groups excluding carboxylic acids is 3. The average molecular weight is 335 g/mol. The van der Waals surface area contributed by atoms with Crippen molar-refractivity contribution in [3.8, 4) is 0 Å². The van der Waals surface area contributed by atoms with Crippen LogP contribution in [0.1, 0.15) is 12.5 Å². The number of rotatable bonds is 5. The van der Waals surface area contributed by atoms with E-state index in [1.54, 1.807) is 6.92 Å². The molecule has 0 aliphatic carbocycles. The van der Waals surface area contributed by atoms with Crippen molar-refractivity contribution in [2.75, 3.05) is 6.61 Å². The van der Waals surface area contributed by atoms with Crippen LogP contribution in [-0.2, 0) is 25.5 Å². The molecule has 0 aliphatic heterocycles. The van der Waals surface area contributed by atoms with E-state index in [1.165, 1.54) is 0 Å². The van der Waals surface area contributed by atoms with Crippen molar-refractivity contribution in [1.82, 2.24) is 16.2 Å². The molecular formula is C15H17N3O4S. The SMILES string of the molecule is CCOC(=O)/C=C/C(=O)NC(=S)NNC(=O)Cc1ccccc1.